The van der Waals surface area contributed by atoms with E-state index in [2.05, 4.69) is 16.8 Å². The lowest BCUT2D eigenvalue weighted by atomic mass is 10.1. The van der Waals surface area contributed by atoms with Crippen LogP contribution in [0.5, 0.6) is 5.75 Å². The monoisotopic (exact) mass is 423 g/mol. The zero-order valence-electron chi connectivity index (χ0n) is 16.2. The van der Waals surface area contributed by atoms with Crippen LogP contribution in [0.15, 0.2) is 75.6 Å². The number of hydrogen-bond donors (Lipinski definition) is 0. The van der Waals surface area contributed by atoms with Gasteiger partial charge in [-0.15, -0.1) is 16.8 Å². The van der Waals surface area contributed by atoms with Crippen molar-refractivity contribution in [3.05, 3.63) is 83.0 Å². The van der Waals surface area contributed by atoms with Crippen molar-refractivity contribution in [1.29, 1.82) is 0 Å². The summed E-state index contributed by atoms with van der Waals surface area (Å²) in [5, 5.41) is 9.84. The minimum Gasteiger partial charge on any atom is -0.497 e. The second kappa shape index (κ2) is 8.54. The first-order valence-corrected chi connectivity index (χ1v) is 10.1. The molecule has 4 rings (SSSR count). The Hall–Kier alpha value is -3.39. The number of ether oxygens (including phenoxy) is 1. The Kier molecular flexibility index (Phi) is 5.67. The second-order valence-corrected chi connectivity index (χ2v) is 7.37. The highest BCUT2D eigenvalue weighted by Gasteiger charge is 2.17. The molecule has 0 fully saturated rings. The first-order valence-electron chi connectivity index (χ1n) is 9.13. The minimum atomic E-state index is -0.439. The van der Waals surface area contributed by atoms with Crippen LogP contribution in [0.25, 0.3) is 22.4 Å². The van der Waals surface area contributed by atoms with E-state index in [1.165, 1.54) is 23.9 Å². The first-order chi connectivity index (χ1) is 14.6. The van der Waals surface area contributed by atoms with Crippen LogP contribution in [0.4, 0.5) is 4.39 Å². The Bertz CT molecular complexity index is 1280. The lowest BCUT2D eigenvalue weighted by molar-refractivity contribution is 0.414. The van der Waals surface area contributed by atoms with Gasteiger partial charge in [-0.1, -0.05) is 30.0 Å². The van der Waals surface area contributed by atoms with Crippen LogP contribution >= 0.6 is 11.8 Å². The molecule has 0 saturated heterocycles. The summed E-state index contributed by atoms with van der Waals surface area (Å²) in [7, 11) is 1.55. The van der Waals surface area contributed by atoms with Gasteiger partial charge in [-0.2, -0.15) is 0 Å². The molecule has 0 saturated carbocycles. The fourth-order valence-corrected chi connectivity index (χ4v) is 4.07. The molecule has 0 aliphatic heterocycles. The summed E-state index contributed by atoms with van der Waals surface area (Å²) in [6, 6.07) is 13.2. The van der Waals surface area contributed by atoms with Gasteiger partial charge in [0.2, 0.25) is 0 Å². The number of nitrogens with zero attached hydrogens (tertiary/aromatic N) is 3. The molecule has 0 atom stereocenters. The summed E-state index contributed by atoms with van der Waals surface area (Å²) in [6.45, 7) is 4.20. The standard InChI is InChI=1S/C22H18FN3O3S/c1-3-10-26-21(17-6-4-5-7-18(17)23)24-25-22(26)30-13-14-11-20(27)29-19-12-15(28-2)8-9-16(14)19/h3-9,11-12H,1,10,13H2,2H3. The van der Waals surface area contributed by atoms with E-state index in [-0.39, 0.29) is 5.82 Å². The number of benzene rings is 2. The van der Waals surface area contributed by atoms with E-state index in [4.69, 9.17) is 9.15 Å². The van der Waals surface area contributed by atoms with Gasteiger partial charge in [0.15, 0.2) is 11.0 Å². The number of allylic oxidation sites excluding steroid dienone is 1. The second-order valence-electron chi connectivity index (χ2n) is 6.43. The van der Waals surface area contributed by atoms with Crippen molar-refractivity contribution in [3.8, 4) is 17.1 Å². The topological polar surface area (TPSA) is 70.2 Å². The number of hydrogen-bond acceptors (Lipinski definition) is 6. The molecule has 30 heavy (non-hydrogen) atoms. The average Bonchev–Trinajstić information content (AvgIpc) is 3.14. The number of aromatic nitrogens is 3. The van der Waals surface area contributed by atoms with Gasteiger partial charge in [-0.3, -0.25) is 4.57 Å². The average molecular weight is 423 g/mol. The van der Waals surface area contributed by atoms with Crippen LogP contribution in [0.3, 0.4) is 0 Å². The molecule has 0 bridgehead atoms. The Morgan fingerprint density at radius 2 is 2.07 bits per heavy atom. The Morgan fingerprint density at radius 1 is 1.23 bits per heavy atom. The molecular formula is C22H18FN3O3S. The molecule has 4 aromatic rings. The van der Waals surface area contributed by atoms with Gasteiger partial charge in [-0.05, 0) is 29.8 Å². The van der Waals surface area contributed by atoms with Crippen molar-refractivity contribution in [3.63, 3.8) is 0 Å². The van der Waals surface area contributed by atoms with Crippen molar-refractivity contribution in [1.82, 2.24) is 14.8 Å². The number of fused-ring (bicyclic) bond motifs is 1. The fraction of sp³-hybridized carbons (Fsp3) is 0.136. The summed E-state index contributed by atoms with van der Waals surface area (Å²) in [5.74, 6) is 1.13. The molecule has 8 heteroatoms. The van der Waals surface area contributed by atoms with Crippen LogP contribution in [0.1, 0.15) is 5.56 Å². The summed E-state index contributed by atoms with van der Waals surface area (Å²) < 4.78 is 26.6. The molecule has 152 valence electrons. The number of halogens is 1. The molecule has 6 nitrogen and oxygen atoms in total. The highest BCUT2D eigenvalue weighted by atomic mass is 32.2. The van der Waals surface area contributed by atoms with E-state index in [0.29, 0.717) is 40.2 Å². The normalized spacial score (nSPS) is 11.0. The summed E-state index contributed by atoms with van der Waals surface area (Å²) in [6.07, 6.45) is 1.70. The predicted octanol–water partition coefficient (Wildman–Crippen LogP) is 4.68. The van der Waals surface area contributed by atoms with Crippen molar-refractivity contribution < 1.29 is 13.5 Å². The molecule has 0 N–H and O–H groups in total. The highest BCUT2D eigenvalue weighted by Crippen LogP contribution is 2.30. The maximum atomic E-state index is 14.3. The number of thioether (sulfide) groups is 1. The van der Waals surface area contributed by atoms with Crippen molar-refractivity contribution in [2.75, 3.05) is 7.11 Å². The lowest BCUT2D eigenvalue weighted by Gasteiger charge is -2.09. The third-order valence-electron chi connectivity index (χ3n) is 4.54. The van der Waals surface area contributed by atoms with Crippen LogP contribution < -0.4 is 10.4 Å². The van der Waals surface area contributed by atoms with Gasteiger partial charge in [0.05, 0.1) is 12.7 Å². The lowest BCUT2D eigenvalue weighted by Crippen LogP contribution is -2.03. The molecular weight excluding hydrogens is 405 g/mol. The molecule has 0 aliphatic rings. The molecule has 0 amide bonds. The quantitative estimate of drug-likeness (QED) is 0.244. The van der Waals surface area contributed by atoms with Crippen LogP contribution in [0.2, 0.25) is 0 Å². The van der Waals surface area contributed by atoms with Crippen molar-refractivity contribution >= 4 is 22.7 Å². The van der Waals surface area contributed by atoms with E-state index < -0.39 is 5.63 Å². The maximum absolute atomic E-state index is 14.3. The Balaban J connectivity index is 1.68. The van der Waals surface area contributed by atoms with Gasteiger partial charge < -0.3 is 9.15 Å². The largest absolute Gasteiger partial charge is 0.497 e. The zero-order chi connectivity index (χ0) is 21.1. The summed E-state index contributed by atoms with van der Waals surface area (Å²) >= 11 is 1.40. The molecule has 0 unspecified atom stereocenters. The minimum absolute atomic E-state index is 0.368. The summed E-state index contributed by atoms with van der Waals surface area (Å²) in [5.41, 5.74) is 1.19. The fourth-order valence-electron chi connectivity index (χ4n) is 3.13. The van der Waals surface area contributed by atoms with Gasteiger partial charge in [0.1, 0.15) is 17.1 Å². The number of methoxy groups -OCH3 is 1. The highest BCUT2D eigenvalue weighted by molar-refractivity contribution is 7.98. The SMILES string of the molecule is C=CCn1c(SCc2cc(=O)oc3cc(OC)ccc23)nnc1-c1ccccc1F. The Labute approximate surface area is 176 Å². The van der Waals surface area contributed by atoms with E-state index >= 15 is 0 Å². The van der Waals surface area contributed by atoms with Crippen molar-refractivity contribution in [2.24, 2.45) is 0 Å². The predicted molar refractivity (Wildman–Crippen MR) is 114 cm³/mol. The van der Waals surface area contributed by atoms with Gasteiger partial charge >= 0.3 is 5.63 Å². The molecule has 2 aromatic carbocycles. The Morgan fingerprint density at radius 3 is 2.83 bits per heavy atom. The van der Waals surface area contributed by atoms with Crippen LogP contribution in [-0.2, 0) is 12.3 Å². The summed E-state index contributed by atoms with van der Waals surface area (Å²) in [4.78, 5) is 12.0. The molecule has 0 spiro atoms. The third kappa shape index (κ3) is 3.86. The van der Waals surface area contributed by atoms with E-state index in [1.54, 1.807) is 42.0 Å². The number of rotatable bonds is 7. The zero-order valence-corrected chi connectivity index (χ0v) is 17.0. The molecule has 0 radical (unpaired) electrons. The van der Waals surface area contributed by atoms with E-state index in [9.17, 15) is 9.18 Å². The van der Waals surface area contributed by atoms with Gasteiger partial charge in [-0.25, -0.2) is 9.18 Å². The van der Waals surface area contributed by atoms with Gasteiger partial charge in [0.25, 0.3) is 0 Å². The molecule has 0 aliphatic carbocycles. The first kappa shape index (κ1) is 19.9. The van der Waals surface area contributed by atoms with Gasteiger partial charge in [0, 0.05) is 29.8 Å². The van der Waals surface area contributed by atoms with Crippen LogP contribution in [-0.4, -0.2) is 21.9 Å². The van der Waals surface area contributed by atoms with Crippen LogP contribution in [0, 0.1) is 5.82 Å². The third-order valence-corrected chi connectivity index (χ3v) is 5.55. The molecule has 2 heterocycles. The molecule has 2 aromatic heterocycles. The van der Waals surface area contributed by atoms with E-state index in [0.717, 1.165) is 10.9 Å². The van der Waals surface area contributed by atoms with E-state index in [1.807, 2.05) is 12.1 Å². The van der Waals surface area contributed by atoms with Crippen molar-refractivity contribution in [2.45, 2.75) is 17.5 Å². The maximum Gasteiger partial charge on any atom is 0.336 e. The smallest absolute Gasteiger partial charge is 0.336 e.